The van der Waals surface area contributed by atoms with Gasteiger partial charge >= 0.3 is 0 Å². The number of anilines is 2. The SMILES string of the molecule is COc1ccc(S(=O)(=O)Nc2ccc(NCCC3=CCCCC3)nn2)cc1. The van der Waals surface area contributed by atoms with E-state index in [2.05, 4.69) is 26.3 Å². The Labute approximate surface area is 159 Å². The van der Waals surface area contributed by atoms with Crippen LogP contribution in [0.4, 0.5) is 11.6 Å². The summed E-state index contributed by atoms with van der Waals surface area (Å²) in [5.41, 5.74) is 1.49. The minimum atomic E-state index is -3.72. The lowest BCUT2D eigenvalue weighted by atomic mass is 9.97. The first-order valence-electron chi connectivity index (χ1n) is 8.99. The average Bonchev–Trinajstić information content (AvgIpc) is 2.70. The Balaban J connectivity index is 1.55. The number of aromatic nitrogens is 2. The molecular formula is C19H24N4O3S. The molecule has 144 valence electrons. The molecule has 0 atom stereocenters. The van der Waals surface area contributed by atoms with Crippen molar-refractivity contribution in [2.45, 2.75) is 37.0 Å². The Morgan fingerprint density at radius 2 is 1.78 bits per heavy atom. The van der Waals surface area contributed by atoms with Crippen LogP contribution in [0.3, 0.4) is 0 Å². The van der Waals surface area contributed by atoms with Crippen molar-refractivity contribution in [1.82, 2.24) is 10.2 Å². The maximum atomic E-state index is 12.4. The number of sulfonamides is 1. The molecule has 0 unspecified atom stereocenters. The zero-order chi connectivity index (χ0) is 19.1. The quantitative estimate of drug-likeness (QED) is 0.671. The fraction of sp³-hybridized carbons (Fsp3) is 0.368. The van der Waals surface area contributed by atoms with E-state index in [4.69, 9.17) is 4.74 Å². The van der Waals surface area contributed by atoms with Gasteiger partial charge in [0, 0.05) is 6.54 Å². The number of nitrogens with one attached hydrogen (secondary N) is 2. The van der Waals surface area contributed by atoms with Crippen LogP contribution in [0.2, 0.25) is 0 Å². The van der Waals surface area contributed by atoms with Gasteiger partial charge in [-0.05, 0) is 68.5 Å². The molecule has 2 N–H and O–H groups in total. The van der Waals surface area contributed by atoms with Gasteiger partial charge < -0.3 is 10.1 Å². The van der Waals surface area contributed by atoms with Crippen LogP contribution < -0.4 is 14.8 Å². The van der Waals surface area contributed by atoms with Crippen LogP contribution >= 0.6 is 0 Å². The van der Waals surface area contributed by atoms with Crippen molar-refractivity contribution in [2.24, 2.45) is 0 Å². The monoisotopic (exact) mass is 388 g/mol. The third-order valence-electron chi connectivity index (χ3n) is 4.41. The molecule has 0 aliphatic heterocycles. The fourth-order valence-electron chi connectivity index (χ4n) is 2.92. The second kappa shape index (κ2) is 8.85. The van der Waals surface area contributed by atoms with E-state index in [1.165, 1.54) is 50.5 Å². The van der Waals surface area contributed by atoms with E-state index in [1.54, 1.807) is 24.3 Å². The number of nitrogens with zero attached hydrogens (tertiary/aromatic N) is 2. The van der Waals surface area contributed by atoms with E-state index in [9.17, 15) is 8.42 Å². The van der Waals surface area contributed by atoms with E-state index in [0.29, 0.717) is 11.6 Å². The highest BCUT2D eigenvalue weighted by molar-refractivity contribution is 7.92. The van der Waals surface area contributed by atoms with Crippen molar-refractivity contribution in [2.75, 3.05) is 23.7 Å². The molecule has 0 saturated heterocycles. The number of ether oxygens (including phenoxy) is 1. The van der Waals surface area contributed by atoms with Gasteiger partial charge in [-0.15, -0.1) is 10.2 Å². The number of benzene rings is 1. The third-order valence-corrected chi connectivity index (χ3v) is 5.78. The predicted molar refractivity (Wildman–Crippen MR) is 105 cm³/mol. The Morgan fingerprint density at radius 1 is 1.04 bits per heavy atom. The minimum Gasteiger partial charge on any atom is -0.497 e. The largest absolute Gasteiger partial charge is 0.497 e. The smallest absolute Gasteiger partial charge is 0.263 e. The molecule has 27 heavy (non-hydrogen) atoms. The first-order chi connectivity index (χ1) is 13.1. The van der Waals surface area contributed by atoms with Crippen LogP contribution in [-0.4, -0.2) is 32.3 Å². The van der Waals surface area contributed by atoms with Crippen LogP contribution in [0.5, 0.6) is 5.75 Å². The lowest BCUT2D eigenvalue weighted by molar-refractivity contribution is 0.414. The number of allylic oxidation sites excluding steroid dienone is 1. The molecule has 8 heteroatoms. The van der Waals surface area contributed by atoms with Crippen LogP contribution in [-0.2, 0) is 10.0 Å². The van der Waals surface area contributed by atoms with E-state index < -0.39 is 10.0 Å². The minimum absolute atomic E-state index is 0.132. The van der Waals surface area contributed by atoms with Gasteiger partial charge in [0.15, 0.2) is 5.82 Å². The van der Waals surface area contributed by atoms with Gasteiger partial charge in [-0.3, -0.25) is 4.72 Å². The van der Waals surface area contributed by atoms with Crippen LogP contribution in [0.25, 0.3) is 0 Å². The van der Waals surface area contributed by atoms with E-state index in [1.807, 2.05) is 0 Å². The number of hydrogen-bond acceptors (Lipinski definition) is 6. The third kappa shape index (κ3) is 5.43. The van der Waals surface area contributed by atoms with E-state index in [0.717, 1.165) is 13.0 Å². The summed E-state index contributed by atoms with van der Waals surface area (Å²) in [4.78, 5) is 0.132. The fourth-order valence-corrected chi connectivity index (χ4v) is 3.91. The highest BCUT2D eigenvalue weighted by atomic mass is 32.2. The van der Waals surface area contributed by atoms with Crippen molar-refractivity contribution >= 4 is 21.7 Å². The first-order valence-corrected chi connectivity index (χ1v) is 10.5. The number of methoxy groups -OCH3 is 1. The molecule has 0 fully saturated rings. The Hall–Kier alpha value is -2.61. The lowest BCUT2D eigenvalue weighted by Gasteiger charge is -2.13. The molecule has 3 rings (SSSR count). The second-order valence-electron chi connectivity index (χ2n) is 6.37. The molecule has 0 amide bonds. The number of rotatable bonds is 8. The molecule has 1 aliphatic carbocycles. The van der Waals surface area contributed by atoms with Gasteiger partial charge in [0.05, 0.1) is 12.0 Å². The Morgan fingerprint density at radius 3 is 2.41 bits per heavy atom. The van der Waals surface area contributed by atoms with Crippen molar-refractivity contribution in [3.63, 3.8) is 0 Å². The van der Waals surface area contributed by atoms with Crippen LogP contribution in [0.1, 0.15) is 32.1 Å². The summed E-state index contributed by atoms with van der Waals surface area (Å²) in [5, 5.41) is 11.2. The summed E-state index contributed by atoms with van der Waals surface area (Å²) in [7, 11) is -2.19. The maximum absolute atomic E-state index is 12.4. The Kier molecular flexibility index (Phi) is 6.28. The molecule has 0 saturated carbocycles. The summed E-state index contributed by atoms with van der Waals surface area (Å²) >= 11 is 0. The Bertz CT molecular complexity index is 878. The first kappa shape index (κ1) is 19.2. The molecule has 2 aromatic rings. The van der Waals surface area contributed by atoms with Crippen molar-refractivity contribution in [3.8, 4) is 5.75 Å². The lowest BCUT2D eigenvalue weighted by Crippen LogP contribution is -2.14. The normalized spacial score (nSPS) is 14.3. The molecule has 1 aliphatic rings. The van der Waals surface area contributed by atoms with Gasteiger partial charge in [0.2, 0.25) is 0 Å². The molecule has 1 heterocycles. The predicted octanol–water partition coefficient (Wildman–Crippen LogP) is 3.59. The second-order valence-corrected chi connectivity index (χ2v) is 8.05. The van der Waals surface area contributed by atoms with E-state index in [-0.39, 0.29) is 10.7 Å². The molecule has 0 radical (unpaired) electrons. The summed E-state index contributed by atoms with van der Waals surface area (Å²) in [6.45, 7) is 0.789. The molecule has 1 aromatic heterocycles. The van der Waals surface area contributed by atoms with Gasteiger partial charge in [-0.1, -0.05) is 11.6 Å². The summed E-state index contributed by atoms with van der Waals surface area (Å²) < 4.78 is 32.2. The molecule has 1 aromatic carbocycles. The van der Waals surface area contributed by atoms with Gasteiger partial charge in [-0.2, -0.15) is 0 Å². The summed E-state index contributed by atoms with van der Waals surface area (Å²) in [6.07, 6.45) is 8.24. The van der Waals surface area contributed by atoms with Gasteiger partial charge in [-0.25, -0.2) is 8.42 Å². The average molecular weight is 388 g/mol. The summed E-state index contributed by atoms with van der Waals surface area (Å²) in [5.74, 6) is 1.39. The van der Waals surface area contributed by atoms with Crippen LogP contribution in [0, 0.1) is 0 Å². The van der Waals surface area contributed by atoms with Crippen LogP contribution in [0.15, 0.2) is 52.9 Å². The molecule has 7 nitrogen and oxygen atoms in total. The standard InChI is InChI=1S/C19H24N4O3S/c1-26-16-7-9-17(10-8-16)27(24,25)23-19-12-11-18(21-22-19)20-14-13-15-5-3-2-4-6-15/h5,7-12H,2-4,6,13-14H2,1H3,(H,20,21)(H,22,23). The highest BCUT2D eigenvalue weighted by Crippen LogP contribution is 2.20. The zero-order valence-corrected chi connectivity index (χ0v) is 16.1. The van der Waals surface area contributed by atoms with E-state index >= 15 is 0 Å². The van der Waals surface area contributed by atoms with Gasteiger partial charge in [0.25, 0.3) is 10.0 Å². The van der Waals surface area contributed by atoms with Crippen molar-refractivity contribution in [3.05, 3.63) is 48.0 Å². The zero-order valence-electron chi connectivity index (χ0n) is 15.3. The van der Waals surface area contributed by atoms with Crippen molar-refractivity contribution < 1.29 is 13.2 Å². The molecule has 0 bridgehead atoms. The highest BCUT2D eigenvalue weighted by Gasteiger charge is 2.15. The molecule has 0 spiro atoms. The molecular weight excluding hydrogens is 364 g/mol. The van der Waals surface area contributed by atoms with Crippen molar-refractivity contribution in [1.29, 1.82) is 0 Å². The summed E-state index contributed by atoms with van der Waals surface area (Å²) in [6, 6.07) is 9.45. The maximum Gasteiger partial charge on any atom is 0.263 e. The number of hydrogen-bond donors (Lipinski definition) is 2. The van der Waals surface area contributed by atoms with Gasteiger partial charge in [0.1, 0.15) is 11.6 Å². The topological polar surface area (TPSA) is 93.2 Å².